The van der Waals surface area contributed by atoms with Crippen LogP contribution in [0.25, 0.3) is 0 Å². The molecule has 1 aliphatic carbocycles. The number of H-pyrrole nitrogens is 1. The Balaban J connectivity index is 1.36. The third kappa shape index (κ3) is 2.89. The highest BCUT2D eigenvalue weighted by Gasteiger charge is 2.30. The lowest BCUT2D eigenvalue weighted by Gasteiger charge is -2.37. The van der Waals surface area contributed by atoms with Crippen molar-refractivity contribution in [2.75, 3.05) is 26.2 Å². The van der Waals surface area contributed by atoms with Gasteiger partial charge in [0.2, 0.25) is 0 Å². The smallest absolute Gasteiger partial charge is 0.270 e. The van der Waals surface area contributed by atoms with Crippen LogP contribution in [0.2, 0.25) is 5.02 Å². The Hall–Kier alpha value is -1.78. The lowest BCUT2D eigenvalue weighted by molar-refractivity contribution is 0.0571. The highest BCUT2D eigenvalue weighted by Crippen LogP contribution is 2.26. The van der Waals surface area contributed by atoms with E-state index in [1.54, 1.807) is 12.3 Å². The van der Waals surface area contributed by atoms with Crippen molar-refractivity contribution in [3.8, 4) is 0 Å². The van der Waals surface area contributed by atoms with Gasteiger partial charge in [-0.25, -0.2) is 0 Å². The number of benzene rings is 1. The lowest BCUT2D eigenvalue weighted by Crippen LogP contribution is -2.52. The number of amides is 1. The van der Waals surface area contributed by atoms with Gasteiger partial charge in [-0.05, 0) is 30.0 Å². The molecule has 0 radical (unpaired) electrons. The minimum absolute atomic E-state index is 0.0475. The van der Waals surface area contributed by atoms with Crippen LogP contribution in [0, 0.1) is 0 Å². The fraction of sp³-hybridized carbons (Fsp3) is 0.389. The molecule has 2 heterocycles. The van der Waals surface area contributed by atoms with Crippen LogP contribution in [0.15, 0.2) is 36.5 Å². The summed E-state index contributed by atoms with van der Waals surface area (Å²) in [6.45, 7) is 3.45. The first-order chi connectivity index (χ1) is 11.2. The van der Waals surface area contributed by atoms with Gasteiger partial charge in [-0.15, -0.1) is 0 Å². The van der Waals surface area contributed by atoms with Gasteiger partial charge in [-0.1, -0.05) is 35.9 Å². The van der Waals surface area contributed by atoms with Crippen LogP contribution in [0.1, 0.15) is 21.6 Å². The van der Waals surface area contributed by atoms with E-state index in [0.29, 0.717) is 16.8 Å². The molecule has 0 spiro atoms. The molecule has 23 heavy (non-hydrogen) atoms. The zero-order valence-electron chi connectivity index (χ0n) is 13.0. The largest absolute Gasteiger partial charge is 0.356 e. The van der Waals surface area contributed by atoms with Crippen molar-refractivity contribution in [2.24, 2.45) is 0 Å². The van der Waals surface area contributed by atoms with Crippen LogP contribution in [-0.4, -0.2) is 52.9 Å². The standard InChI is InChI=1S/C18H20ClN3O/c19-15-11-17(20-12-15)18(23)22-7-5-21(6-8-22)16-9-13-3-1-2-4-14(13)10-16/h1-4,11-12,16,20H,5-10H2. The first kappa shape index (κ1) is 14.8. The Kier molecular flexibility index (Phi) is 3.87. The molecule has 4 nitrogen and oxygen atoms in total. The van der Waals surface area contributed by atoms with Crippen LogP contribution in [0.5, 0.6) is 0 Å². The van der Waals surface area contributed by atoms with Gasteiger partial charge < -0.3 is 9.88 Å². The van der Waals surface area contributed by atoms with Gasteiger partial charge in [0, 0.05) is 38.4 Å². The number of halogens is 1. The highest BCUT2D eigenvalue weighted by atomic mass is 35.5. The molecule has 2 aliphatic rings. The number of nitrogens with zero attached hydrogens (tertiary/aromatic N) is 2. The lowest BCUT2D eigenvalue weighted by atomic mass is 10.1. The van der Waals surface area contributed by atoms with Gasteiger partial charge in [0.1, 0.15) is 5.69 Å². The van der Waals surface area contributed by atoms with E-state index in [-0.39, 0.29) is 5.91 Å². The summed E-state index contributed by atoms with van der Waals surface area (Å²) in [6, 6.07) is 11.0. The van der Waals surface area contributed by atoms with Gasteiger partial charge in [-0.2, -0.15) is 0 Å². The van der Waals surface area contributed by atoms with Crippen LogP contribution >= 0.6 is 11.6 Å². The summed E-state index contributed by atoms with van der Waals surface area (Å²) in [7, 11) is 0. The van der Waals surface area contributed by atoms with Gasteiger partial charge in [-0.3, -0.25) is 9.69 Å². The van der Waals surface area contributed by atoms with Crippen LogP contribution in [-0.2, 0) is 12.8 Å². The SMILES string of the molecule is O=C(c1cc(Cl)c[nH]1)N1CCN(C2Cc3ccccc3C2)CC1. The first-order valence-corrected chi connectivity index (χ1v) is 8.52. The minimum Gasteiger partial charge on any atom is -0.356 e. The molecule has 1 N–H and O–H groups in total. The Morgan fingerprint density at radius 3 is 2.30 bits per heavy atom. The average molecular weight is 330 g/mol. The summed E-state index contributed by atoms with van der Waals surface area (Å²) < 4.78 is 0. The quantitative estimate of drug-likeness (QED) is 0.920. The molecule has 1 amide bonds. The molecule has 120 valence electrons. The normalized spacial score (nSPS) is 19.1. The molecule has 0 bridgehead atoms. The predicted molar refractivity (Wildman–Crippen MR) is 90.9 cm³/mol. The second-order valence-corrected chi connectivity index (χ2v) is 6.83. The zero-order chi connectivity index (χ0) is 15.8. The number of carbonyl (C=O) groups is 1. The maximum absolute atomic E-state index is 12.4. The van der Waals surface area contributed by atoms with E-state index in [9.17, 15) is 4.79 Å². The first-order valence-electron chi connectivity index (χ1n) is 8.15. The summed E-state index contributed by atoms with van der Waals surface area (Å²) in [5.74, 6) is 0.0475. The molecule has 1 fully saturated rings. The Labute approximate surface area is 141 Å². The number of carbonyl (C=O) groups excluding carboxylic acids is 1. The maximum atomic E-state index is 12.4. The summed E-state index contributed by atoms with van der Waals surface area (Å²) in [4.78, 5) is 19.8. The Morgan fingerprint density at radius 1 is 1.09 bits per heavy atom. The van der Waals surface area contributed by atoms with Crippen molar-refractivity contribution in [1.82, 2.24) is 14.8 Å². The topological polar surface area (TPSA) is 39.3 Å². The molecule has 4 rings (SSSR count). The molecule has 0 atom stereocenters. The van der Waals surface area contributed by atoms with Gasteiger partial charge in [0.05, 0.1) is 5.02 Å². The molecule has 5 heteroatoms. The van der Waals surface area contributed by atoms with E-state index in [0.717, 1.165) is 39.0 Å². The number of piperazine rings is 1. The molecule has 1 saturated heterocycles. The van der Waals surface area contributed by atoms with Crippen LogP contribution < -0.4 is 0 Å². The van der Waals surface area contributed by atoms with Crippen molar-refractivity contribution in [3.63, 3.8) is 0 Å². The minimum atomic E-state index is 0.0475. The molecule has 1 aromatic carbocycles. The monoisotopic (exact) mass is 329 g/mol. The number of hydrogen-bond donors (Lipinski definition) is 1. The average Bonchev–Trinajstić information content (AvgIpc) is 3.20. The molecule has 0 unspecified atom stereocenters. The summed E-state index contributed by atoms with van der Waals surface area (Å²) in [5.41, 5.74) is 3.55. The van der Waals surface area contributed by atoms with Gasteiger partial charge in [0.15, 0.2) is 0 Å². The van der Waals surface area contributed by atoms with Gasteiger partial charge in [0.25, 0.3) is 5.91 Å². The molecule has 1 aromatic heterocycles. The zero-order valence-corrected chi connectivity index (χ0v) is 13.7. The third-order valence-electron chi connectivity index (χ3n) is 5.03. The fourth-order valence-corrected chi connectivity index (χ4v) is 3.91. The number of hydrogen-bond acceptors (Lipinski definition) is 2. The Bertz CT molecular complexity index is 694. The van der Waals surface area contributed by atoms with E-state index in [1.807, 2.05) is 4.90 Å². The predicted octanol–water partition coefficient (Wildman–Crippen LogP) is 2.59. The van der Waals surface area contributed by atoms with E-state index in [4.69, 9.17) is 11.6 Å². The number of rotatable bonds is 2. The van der Waals surface area contributed by atoms with Crippen molar-refractivity contribution in [3.05, 3.63) is 58.4 Å². The summed E-state index contributed by atoms with van der Waals surface area (Å²) in [5, 5.41) is 0.579. The molecular formula is C18H20ClN3O. The number of aromatic nitrogens is 1. The van der Waals surface area contributed by atoms with Crippen LogP contribution in [0.4, 0.5) is 0 Å². The highest BCUT2D eigenvalue weighted by molar-refractivity contribution is 6.30. The van der Waals surface area contributed by atoms with Crippen molar-refractivity contribution in [2.45, 2.75) is 18.9 Å². The molecule has 2 aromatic rings. The van der Waals surface area contributed by atoms with Crippen molar-refractivity contribution < 1.29 is 4.79 Å². The molecular weight excluding hydrogens is 310 g/mol. The maximum Gasteiger partial charge on any atom is 0.270 e. The van der Waals surface area contributed by atoms with E-state index >= 15 is 0 Å². The third-order valence-corrected chi connectivity index (χ3v) is 5.24. The van der Waals surface area contributed by atoms with E-state index < -0.39 is 0 Å². The number of aromatic amines is 1. The van der Waals surface area contributed by atoms with Crippen LogP contribution in [0.3, 0.4) is 0 Å². The summed E-state index contributed by atoms with van der Waals surface area (Å²) >= 11 is 5.89. The second kappa shape index (κ2) is 6.02. The second-order valence-electron chi connectivity index (χ2n) is 6.39. The molecule has 0 saturated carbocycles. The number of fused-ring (bicyclic) bond motifs is 1. The van der Waals surface area contributed by atoms with E-state index in [2.05, 4.69) is 34.1 Å². The van der Waals surface area contributed by atoms with E-state index in [1.165, 1.54) is 11.1 Å². The van der Waals surface area contributed by atoms with Crippen molar-refractivity contribution in [1.29, 1.82) is 0 Å². The number of nitrogens with one attached hydrogen (secondary N) is 1. The van der Waals surface area contributed by atoms with Gasteiger partial charge >= 0.3 is 0 Å². The fourth-order valence-electron chi connectivity index (χ4n) is 3.75. The Morgan fingerprint density at radius 2 is 1.74 bits per heavy atom. The molecule has 1 aliphatic heterocycles. The summed E-state index contributed by atoms with van der Waals surface area (Å²) in [6.07, 6.45) is 3.92. The van der Waals surface area contributed by atoms with Crippen molar-refractivity contribution >= 4 is 17.5 Å².